The zero-order valence-corrected chi connectivity index (χ0v) is 13.5. The van der Waals surface area contributed by atoms with Crippen LogP contribution in [0.3, 0.4) is 0 Å². The Labute approximate surface area is 127 Å². The second kappa shape index (κ2) is 6.06. The Kier molecular flexibility index (Phi) is 4.57. The van der Waals surface area contributed by atoms with Crippen molar-refractivity contribution in [2.24, 2.45) is 0 Å². The third-order valence-corrected chi connectivity index (χ3v) is 3.81. The summed E-state index contributed by atoms with van der Waals surface area (Å²) in [4.78, 5) is 11.7. The maximum Gasteiger partial charge on any atom is 0.407 e. The predicted molar refractivity (Wildman–Crippen MR) is 84.3 cm³/mol. The van der Waals surface area contributed by atoms with Gasteiger partial charge in [0.05, 0.1) is 0 Å². The summed E-state index contributed by atoms with van der Waals surface area (Å²) in [6, 6.07) is 8.58. The van der Waals surface area contributed by atoms with Crippen molar-refractivity contribution in [1.82, 2.24) is 10.6 Å². The van der Waals surface area contributed by atoms with Crippen LogP contribution < -0.4 is 10.6 Å². The van der Waals surface area contributed by atoms with E-state index in [1.165, 1.54) is 11.1 Å². The number of hydrogen-bond acceptors (Lipinski definition) is 3. The number of carbonyl (C=O) groups is 1. The van der Waals surface area contributed by atoms with Crippen LogP contribution in [0, 0.1) is 6.92 Å². The maximum absolute atomic E-state index is 11.7. The molecule has 1 unspecified atom stereocenters. The molecule has 0 aliphatic carbocycles. The van der Waals surface area contributed by atoms with Gasteiger partial charge in [0.2, 0.25) is 0 Å². The molecule has 1 amide bonds. The van der Waals surface area contributed by atoms with E-state index in [1.807, 2.05) is 20.8 Å². The number of nitrogens with one attached hydrogen (secondary N) is 2. The lowest BCUT2D eigenvalue weighted by Crippen LogP contribution is -2.55. The fourth-order valence-electron chi connectivity index (χ4n) is 2.67. The molecule has 1 aliphatic rings. The van der Waals surface area contributed by atoms with Crippen molar-refractivity contribution in [2.75, 3.05) is 13.1 Å². The lowest BCUT2D eigenvalue weighted by Gasteiger charge is -2.44. The first-order chi connectivity index (χ1) is 9.81. The van der Waals surface area contributed by atoms with Gasteiger partial charge < -0.3 is 15.4 Å². The molecule has 0 saturated carbocycles. The summed E-state index contributed by atoms with van der Waals surface area (Å²) >= 11 is 0. The van der Waals surface area contributed by atoms with Gasteiger partial charge in [-0.25, -0.2) is 4.79 Å². The number of hydrogen-bond donors (Lipinski definition) is 2. The SMILES string of the molecule is Cc1cccc(C2(CCNC(=O)OC(C)(C)C)CCN2)c1. The first-order valence-electron chi connectivity index (χ1n) is 7.60. The molecule has 1 atom stereocenters. The van der Waals surface area contributed by atoms with Crippen molar-refractivity contribution >= 4 is 6.09 Å². The van der Waals surface area contributed by atoms with Crippen molar-refractivity contribution in [3.8, 4) is 0 Å². The van der Waals surface area contributed by atoms with Gasteiger partial charge in [0.15, 0.2) is 0 Å². The lowest BCUT2D eigenvalue weighted by molar-refractivity contribution is 0.0517. The number of ether oxygens (including phenoxy) is 1. The highest BCUT2D eigenvalue weighted by Gasteiger charge is 2.37. The van der Waals surface area contributed by atoms with Crippen LogP contribution in [0.5, 0.6) is 0 Å². The van der Waals surface area contributed by atoms with E-state index < -0.39 is 5.60 Å². The number of alkyl carbamates (subject to hydrolysis) is 1. The Hall–Kier alpha value is -1.55. The second-order valence-corrected chi connectivity index (χ2v) is 6.81. The molecule has 4 nitrogen and oxygen atoms in total. The minimum absolute atomic E-state index is 0.00102. The normalized spacial score (nSPS) is 21.5. The quantitative estimate of drug-likeness (QED) is 0.896. The Balaban J connectivity index is 1.90. The number of carbonyl (C=O) groups excluding carboxylic acids is 1. The highest BCUT2D eigenvalue weighted by atomic mass is 16.6. The van der Waals surface area contributed by atoms with Crippen molar-refractivity contribution < 1.29 is 9.53 Å². The van der Waals surface area contributed by atoms with E-state index in [1.54, 1.807) is 0 Å². The summed E-state index contributed by atoms with van der Waals surface area (Å²) < 4.78 is 5.26. The van der Waals surface area contributed by atoms with Crippen LogP contribution in [-0.2, 0) is 10.3 Å². The predicted octanol–water partition coefficient (Wildman–Crippen LogP) is 3.10. The van der Waals surface area contributed by atoms with E-state index in [2.05, 4.69) is 41.8 Å². The molecular weight excluding hydrogens is 264 g/mol. The Morgan fingerprint density at radius 1 is 1.43 bits per heavy atom. The zero-order valence-electron chi connectivity index (χ0n) is 13.5. The Morgan fingerprint density at radius 3 is 2.67 bits per heavy atom. The molecule has 2 rings (SSSR count). The average Bonchev–Trinajstić information content (AvgIpc) is 2.30. The highest BCUT2D eigenvalue weighted by molar-refractivity contribution is 5.67. The lowest BCUT2D eigenvalue weighted by atomic mass is 9.77. The zero-order chi connectivity index (χ0) is 15.5. The molecule has 0 bridgehead atoms. The minimum atomic E-state index is -0.451. The Morgan fingerprint density at radius 2 is 2.14 bits per heavy atom. The summed E-state index contributed by atoms with van der Waals surface area (Å²) in [6.07, 6.45) is 1.63. The summed E-state index contributed by atoms with van der Waals surface area (Å²) in [5.74, 6) is 0. The van der Waals surface area contributed by atoms with Gasteiger partial charge in [-0.05, 0) is 52.6 Å². The molecule has 0 aromatic heterocycles. The van der Waals surface area contributed by atoms with Crippen LogP contribution in [0.25, 0.3) is 0 Å². The van der Waals surface area contributed by atoms with E-state index >= 15 is 0 Å². The van der Waals surface area contributed by atoms with Gasteiger partial charge in [-0.15, -0.1) is 0 Å². The van der Waals surface area contributed by atoms with Crippen molar-refractivity contribution in [3.05, 3.63) is 35.4 Å². The molecule has 1 aliphatic heterocycles. The van der Waals surface area contributed by atoms with E-state index in [9.17, 15) is 4.79 Å². The third kappa shape index (κ3) is 4.21. The minimum Gasteiger partial charge on any atom is -0.444 e. The smallest absolute Gasteiger partial charge is 0.407 e. The molecule has 4 heteroatoms. The van der Waals surface area contributed by atoms with Gasteiger partial charge in [0.1, 0.15) is 5.60 Å². The van der Waals surface area contributed by atoms with E-state index in [-0.39, 0.29) is 11.6 Å². The summed E-state index contributed by atoms with van der Waals surface area (Å²) in [6.45, 7) is 9.35. The summed E-state index contributed by atoms with van der Waals surface area (Å²) in [5.41, 5.74) is 2.12. The topological polar surface area (TPSA) is 50.4 Å². The van der Waals surface area contributed by atoms with E-state index in [0.29, 0.717) is 6.54 Å². The van der Waals surface area contributed by atoms with Crippen molar-refractivity contribution in [1.29, 1.82) is 0 Å². The van der Waals surface area contributed by atoms with Crippen molar-refractivity contribution in [2.45, 2.75) is 51.7 Å². The fraction of sp³-hybridized carbons (Fsp3) is 0.588. The van der Waals surface area contributed by atoms with Gasteiger partial charge in [-0.1, -0.05) is 29.8 Å². The first kappa shape index (κ1) is 15.8. The molecule has 2 N–H and O–H groups in total. The van der Waals surface area contributed by atoms with Gasteiger partial charge in [-0.3, -0.25) is 0 Å². The fourth-order valence-corrected chi connectivity index (χ4v) is 2.67. The first-order valence-corrected chi connectivity index (χ1v) is 7.60. The van der Waals surface area contributed by atoms with Crippen LogP contribution >= 0.6 is 0 Å². The summed E-state index contributed by atoms with van der Waals surface area (Å²) in [5, 5.41) is 6.38. The van der Waals surface area contributed by atoms with Crippen LogP contribution in [0.1, 0.15) is 44.7 Å². The molecule has 1 saturated heterocycles. The van der Waals surface area contributed by atoms with Crippen LogP contribution in [-0.4, -0.2) is 24.8 Å². The molecule has 21 heavy (non-hydrogen) atoms. The van der Waals surface area contributed by atoms with Crippen LogP contribution in [0.2, 0.25) is 0 Å². The van der Waals surface area contributed by atoms with E-state index in [0.717, 1.165) is 19.4 Å². The van der Waals surface area contributed by atoms with Crippen molar-refractivity contribution in [3.63, 3.8) is 0 Å². The third-order valence-electron chi connectivity index (χ3n) is 3.81. The number of rotatable bonds is 4. The monoisotopic (exact) mass is 290 g/mol. The average molecular weight is 290 g/mol. The van der Waals surface area contributed by atoms with Gasteiger partial charge in [-0.2, -0.15) is 0 Å². The standard InChI is InChI=1S/C17H26N2O2/c1-13-6-5-7-14(12-13)17(9-11-19-17)8-10-18-15(20)21-16(2,3)4/h5-7,12,19H,8-11H2,1-4H3,(H,18,20). The van der Waals surface area contributed by atoms with E-state index in [4.69, 9.17) is 4.74 Å². The largest absolute Gasteiger partial charge is 0.444 e. The second-order valence-electron chi connectivity index (χ2n) is 6.81. The van der Waals surface area contributed by atoms with Gasteiger partial charge in [0, 0.05) is 12.1 Å². The molecule has 116 valence electrons. The number of aryl methyl sites for hydroxylation is 1. The molecule has 1 aromatic rings. The Bertz CT molecular complexity index is 502. The molecule has 1 heterocycles. The molecule has 1 aromatic carbocycles. The van der Waals surface area contributed by atoms with Crippen LogP contribution in [0.15, 0.2) is 24.3 Å². The molecule has 1 fully saturated rings. The number of amides is 1. The molecular formula is C17H26N2O2. The van der Waals surface area contributed by atoms with Gasteiger partial charge >= 0.3 is 6.09 Å². The van der Waals surface area contributed by atoms with Gasteiger partial charge in [0.25, 0.3) is 0 Å². The highest BCUT2D eigenvalue weighted by Crippen LogP contribution is 2.34. The summed E-state index contributed by atoms with van der Waals surface area (Å²) in [7, 11) is 0. The maximum atomic E-state index is 11.7. The molecule has 0 radical (unpaired) electrons. The number of benzene rings is 1. The van der Waals surface area contributed by atoms with Crippen LogP contribution in [0.4, 0.5) is 4.79 Å². The molecule has 0 spiro atoms.